The van der Waals surface area contributed by atoms with Crippen molar-refractivity contribution < 1.29 is 14.3 Å². The fourth-order valence-electron chi connectivity index (χ4n) is 3.33. The van der Waals surface area contributed by atoms with Crippen LogP contribution in [0.1, 0.15) is 36.0 Å². The number of rotatable bonds is 4. The summed E-state index contributed by atoms with van der Waals surface area (Å²) in [6, 6.07) is 5.09. The fraction of sp³-hybridized carbons (Fsp3) is 0.500. The van der Waals surface area contributed by atoms with Crippen LogP contribution < -0.4 is 14.9 Å². The van der Waals surface area contributed by atoms with Crippen LogP contribution in [0.2, 0.25) is 0 Å². The Morgan fingerprint density at radius 2 is 2.05 bits per heavy atom. The number of hydrogen-bond acceptors (Lipinski definition) is 4. The van der Waals surface area contributed by atoms with E-state index >= 15 is 0 Å². The van der Waals surface area contributed by atoms with Gasteiger partial charge in [-0.1, -0.05) is 0 Å². The number of fused-ring (bicyclic) bond motifs is 2. The van der Waals surface area contributed by atoms with Crippen molar-refractivity contribution in [3.05, 3.63) is 23.8 Å². The molecule has 0 saturated heterocycles. The van der Waals surface area contributed by atoms with Crippen LogP contribution in [-0.2, 0) is 0 Å². The minimum absolute atomic E-state index is 0.216. The number of hydrogen-bond donors (Lipinski definition) is 1. The van der Waals surface area contributed by atoms with Crippen molar-refractivity contribution in [1.82, 2.24) is 5.43 Å². The second-order valence-electron chi connectivity index (χ2n) is 5.69. The highest BCUT2D eigenvalue weighted by Gasteiger charge is 2.36. The van der Waals surface area contributed by atoms with Gasteiger partial charge in [0.15, 0.2) is 11.5 Å². The van der Waals surface area contributed by atoms with Gasteiger partial charge in [0.25, 0.3) is 5.91 Å². The predicted octanol–water partition coefficient (Wildman–Crippen LogP) is 2.61. The average molecular weight is 288 g/mol. The Morgan fingerprint density at radius 3 is 2.67 bits per heavy atom. The van der Waals surface area contributed by atoms with Gasteiger partial charge in [-0.2, -0.15) is 5.10 Å². The summed E-state index contributed by atoms with van der Waals surface area (Å²) in [5, 5.41) is 4.33. The number of benzene rings is 1. The van der Waals surface area contributed by atoms with Crippen LogP contribution in [0.4, 0.5) is 0 Å². The number of methoxy groups -OCH3 is 2. The van der Waals surface area contributed by atoms with E-state index in [4.69, 9.17) is 9.47 Å². The number of nitrogens with one attached hydrogen (secondary N) is 1. The third-order valence-electron chi connectivity index (χ3n) is 4.46. The highest BCUT2D eigenvalue weighted by atomic mass is 16.5. The van der Waals surface area contributed by atoms with Crippen molar-refractivity contribution in [1.29, 1.82) is 0 Å². The Bertz CT molecular complexity index is 583. The summed E-state index contributed by atoms with van der Waals surface area (Å²) < 4.78 is 10.4. The molecule has 2 bridgehead atoms. The first-order chi connectivity index (χ1) is 10.2. The first-order valence-corrected chi connectivity index (χ1v) is 7.30. The van der Waals surface area contributed by atoms with Crippen LogP contribution >= 0.6 is 0 Å². The van der Waals surface area contributed by atoms with E-state index in [1.165, 1.54) is 19.3 Å². The van der Waals surface area contributed by atoms with Gasteiger partial charge in [0.05, 0.1) is 14.2 Å². The largest absolute Gasteiger partial charge is 0.493 e. The van der Waals surface area contributed by atoms with Gasteiger partial charge >= 0.3 is 0 Å². The zero-order valence-corrected chi connectivity index (χ0v) is 12.4. The summed E-state index contributed by atoms with van der Waals surface area (Å²) in [4.78, 5) is 12.2. The van der Waals surface area contributed by atoms with Crippen molar-refractivity contribution in [2.75, 3.05) is 14.2 Å². The Morgan fingerprint density at radius 1 is 1.24 bits per heavy atom. The van der Waals surface area contributed by atoms with Gasteiger partial charge in [0, 0.05) is 11.3 Å². The summed E-state index contributed by atoms with van der Waals surface area (Å²) in [5.41, 5.74) is 4.33. The molecule has 2 fully saturated rings. The normalized spacial score (nSPS) is 25.1. The van der Waals surface area contributed by atoms with Gasteiger partial charge in [0.1, 0.15) is 0 Å². The molecule has 1 aromatic rings. The van der Waals surface area contributed by atoms with E-state index in [1.54, 1.807) is 32.4 Å². The number of ether oxygens (including phenoxy) is 2. The number of hydrazone groups is 1. The molecule has 0 radical (unpaired) electrons. The molecule has 2 aliphatic rings. The molecule has 0 unspecified atom stereocenters. The van der Waals surface area contributed by atoms with Crippen LogP contribution in [0.3, 0.4) is 0 Å². The third kappa shape index (κ3) is 2.73. The quantitative estimate of drug-likeness (QED) is 0.866. The molecule has 0 heterocycles. The lowest BCUT2D eigenvalue weighted by Crippen LogP contribution is -2.22. The molecule has 1 amide bonds. The minimum Gasteiger partial charge on any atom is -0.493 e. The van der Waals surface area contributed by atoms with Crippen LogP contribution in [0, 0.1) is 11.8 Å². The number of amides is 1. The monoisotopic (exact) mass is 288 g/mol. The molecule has 3 rings (SSSR count). The number of carbonyl (C=O) groups is 1. The summed E-state index contributed by atoms with van der Waals surface area (Å²) in [7, 11) is 3.12. The molecule has 5 nitrogen and oxygen atoms in total. The van der Waals surface area contributed by atoms with E-state index in [-0.39, 0.29) is 5.91 Å². The van der Waals surface area contributed by atoms with Crippen molar-refractivity contribution in [3.63, 3.8) is 0 Å². The van der Waals surface area contributed by atoms with Crippen LogP contribution in [-0.4, -0.2) is 25.8 Å². The van der Waals surface area contributed by atoms with E-state index in [9.17, 15) is 4.79 Å². The van der Waals surface area contributed by atoms with Crippen molar-refractivity contribution in [2.24, 2.45) is 16.9 Å². The second-order valence-corrected chi connectivity index (χ2v) is 5.69. The Hall–Kier alpha value is -2.04. The second kappa shape index (κ2) is 5.76. The maximum absolute atomic E-state index is 12.2. The zero-order chi connectivity index (χ0) is 14.8. The Balaban J connectivity index is 1.69. The van der Waals surface area contributed by atoms with Crippen molar-refractivity contribution in [2.45, 2.75) is 25.7 Å². The van der Waals surface area contributed by atoms with Crippen LogP contribution in [0.15, 0.2) is 23.3 Å². The predicted molar refractivity (Wildman–Crippen MR) is 79.9 cm³/mol. The lowest BCUT2D eigenvalue weighted by Gasteiger charge is -2.12. The van der Waals surface area contributed by atoms with Gasteiger partial charge in [-0.15, -0.1) is 0 Å². The Labute approximate surface area is 124 Å². The fourth-order valence-corrected chi connectivity index (χ4v) is 3.33. The highest BCUT2D eigenvalue weighted by molar-refractivity contribution is 5.97. The molecular weight excluding hydrogens is 268 g/mol. The first kappa shape index (κ1) is 13.9. The molecule has 2 aliphatic carbocycles. The van der Waals surface area contributed by atoms with Gasteiger partial charge in [-0.25, -0.2) is 5.43 Å². The SMILES string of the molecule is COc1ccc(C(=O)N/N=C2/C[C@@H]3CC[C@@H]2C3)cc1OC. The van der Waals surface area contributed by atoms with Crippen LogP contribution in [0.5, 0.6) is 11.5 Å². The number of nitrogens with zero attached hydrogens (tertiary/aromatic N) is 1. The minimum atomic E-state index is -0.216. The molecule has 2 atom stereocenters. The molecule has 21 heavy (non-hydrogen) atoms. The standard InChI is InChI=1S/C16H20N2O3/c1-20-14-6-5-12(9-15(14)21-2)16(19)18-17-13-8-10-3-4-11(13)7-10/h5-6,9-11H,3-4,7-8H2,1-2H3,(H,18,19)/b17-13-/t10-,11-/m1/s1. The summed E-state index contributed by atoms with van der Waals surface area (Å²) in [6.07, 6.45) is 4.81. The van der Waals surface area contributed by atoms with Gasteiger partial charge < -0.3 is 9.47 Å². The van der Waals surface area contributed by atoms with E-state index in [0.717, 1.165) is 18.1 Å². The van der Waals surface area contributed by atoms with E-state index in [1.807, 2.05) is 0 Å². The Kier molecular flexibility index (Phi) is 3.82. The number of carbonyl (C=O) groups excluding carboxylic acids is 1. The summed E-state index contributed by atoms with van der Waals surface area (Å²) in [6.45, 7) is 0. The molecule has 112 valence electrons. The molecule has 0 aliphatic heterocycles. The lowest BCUT2D eigenvalue weighted by atomic mass is 9.99. The first-order valence-electron chi connectivity index (χ1n) is 7.30. The summed E-state index contributed by atoms with van der Waals surface area (Å²) >= 11 is 0. The summed E-state index contributed by atoms with van der Waals surface area (Å²) in [5.74, 6) is 2.30. The molecule has 5 heteroatoms. The lowest BCUT2D eigenvalue weighted by molar-refractivity contribution is 0.0954. The molecule has 1 aromatic carbocycles. The molecule has 1 N–H and O–H groups in total. The molecule has 0 spiro atoms. The van der Waals surface area contributed by atoms with E-state index in [0.29, 0.717) is 23.0 Å². The zero-order valence-electron chi connectivity index (χ0n) is 12.4. The molecular formula is C16H20N2O3. The van der Waals surface area contributed by atoms with Crippen molar-refractivity contribution in [3.8, 4) is 11.5 Å². The maximum Gasteiger partial charge on any atom is 0.271 e. The van der Waals surface area contributed by atoms with E-state index in [2.05, 4.69) is 10.5 Å². The van der Waals surface area contributed by atoms with E-state index < -0.39 is 0 Å². The molecule has 2 saturated carbocycles. The van der Waals surface area contributed by atoms with Gasteiger partial charge in [-0.05, 0) is 55.7 Å². The molecule has 0 aromatic heterocycles. The van der Waals surface area contributed by atoms with Crippen molar-refractivity contribution >= 4 is 11.6 Å². The van der Waals surface area contributed by atoms with Gasteiger partial charge in [-0.3, -0.25) is 4.79 Å². The third-order valence-corrected chi connectivity index (χ3v) is 4.46. The topological polar surface area (TPSA) is 59.9 Å². The maximum atomic E-state index is 12.2. The highest BCUT2D eigenvalue weighted by Crippen LogP contribution is 2.42. The smallest absolute Gasteiger partial charge is 0.271 e. The van der Waals surface area contributed by atoms with Gasteiger partial charge in [0.2, 0.25) is 0 Å². The average Bonchev–Trinajstić information content (AvgIpc) is 3.14. The van der Waals surface area contributed by atoms with Crippen LogP contribution in [0.25, 0.3) is 0 Å².